The Hall–Kier alpha value is -1.45. The van der Waals surface area contributed by atoms with Crippen LogP contribution in [0.5, 0.6) is 0 Å². The van der Waals surface area contributed by atoms with Crippen LogP contribution in [0.2, 0.25) is 0 Å². The molecule has 2 N–H and O–H groups in total. The Labute approximate surface area is 108 Å². The van der Waals surface area contributed by atoms with E-state index in [2.05, 4.69) is 41.5 Å². The summed E-state index contributed by atoms with van der Waals surface area (Å²) in [6.45, 7) is 4.21. The van der Waals surface area contributed by atoms with Gasteiger partial charge in [0.05, 0.1) is 0 Å². The molecule has 0 aliphatic heterocycles. The van der Waals surface area contributed by atoms with Crippen molar-refractivity contribution in [3.63, 3.8) is 0 Å². The first-order chi connectivity index (χ1) is 8.81. The second-order valence-electron chi connectivity index (χ2n) is 4.76. The Balaban J connectivity index is 1.99. The highest BCUT2D eigenvalue weighted by Crippen LogP contribution is 2.17. The predicted molar refractivity (Wildman–Crippen MR) is 74.3 cm³/mol. The number of hydrogen-bond donors (Lipinski definition) is 2. The summed E-state index contributed by atoms with van der Waals surface area (Å²) in [6, 6.07) is 8.36. The van der Waals surface area contributed by atoms with Crippen molar-refractivity contribution in [3.8, 4) is 0 Å². The maximum Gasteiger partial charge on any atom is 0.0434 e. The summed E-state index contributed by atoms with van der Waals surface area (Å²) in [6.07, 6.45) is 4.58. The molecule has 0 bridgehead atoms. The number of nitrogens with one attached hydrogen (secondary N) is 1. The van der Waals surface area contributed by atoms with Crippen molar-refractivity contribution in [1.82, 2.24) is 10.3 Å². The van der Waals surface area contributed by atoms with Gasteiger partial charge in [-0.2, -0.15) is 0 Å². The maximum absolute atomic E-state index is 8.86. The van der Waals surface area contributed by atoms with E-state index in [1.54, 1.807) is 0 Å². The summed E-state index contributed by atoms with van der Waals surface area (Å²) < 4.78 is 0. The Morgan fingerprint density at radius 2 is 2.22 bits per heavy atom. The smallest absolute Gasteiger partial charge is 0.0434 e. The van der Waals surface area contributed by atoms with Crippen molar-refractivity contribution in [2.24, 2.45) is 5.92 Å². The number of aromatic nitrogens is 1. The van der Waals surface area contributed by atoms with Crippen molar-refractivity contribution in [3.05, 3.63) is 42.2 Å². The molecule has 2 aromatic rings. The van der Waals surface area contributed by atoms with Gasteiger partial charge in [-0.1, -0.05) is 25.1 Å². The molecule has 0 spiro atoms. The molecule has 1 aromatic heterocycles. The van der Waals surface area contributed by atoms with Crippen LogP contribution in [0.1, 0.15) is 18.9 Å². The summed E-state index contributed by atoms with van der Waals surface area (Å²) in [5, 5.41) is 14.7. The van der Waals surface area contributed by atoms with Gasteiger partial charge < -0.3 is 10.4 Å². The quantitative estimate of drug-likeness (QED) is 0.820. The van der Waals surface area contributed by atoms with Crippen LogP contribution >= 0.6 is 0 Å². The lowest BCUT2D eigenvalue weighted by atomic mass is 10.1. The summed E-state index contributed by atoms with van der Waals surface area (Å²) in [5.41, 5.74) is 1.30. The fourth-order valence-electron chi connectivity index (χ4n) is 2.12. The van der Waals surface area contributed by atoms with Crippen LogP contribution in [0, 0.1) is 5.92 Å². The molecule has 1 atom stereocenters. The Kier molecular flexibility index (Phi) is 4.67. The molecule has 3 heteroatoms. The van der Waals surface area contributed by atoms with Crippen molar-refractivity contribution >= 4 is 10.8 Å². The van der Waals surface area contributed by atoms with E-state index in [1.165, 1.54) is 16.3 Å². The van der Waals surface area contributed by atoms with Gasteiger partial charge in [-0.25, -0.2) is 0 Å². The van der Waals surface area contributed by atoms with Crippen LogP contribution < -0.4 is 5.32 Å². The highest BCUT2D eigenvalue weighted by molar-refractivity contribution is 5.84. The van der Waals surface area contributed by atoms with Crippen LogP contribution in [0.25, 0.3) is 10.8 Å². The van der Waals surface area contributed by atoms with E-state index in [1.807, 2.05) is 12.4 Å². The van der Waals surface area contributed by atoms with Crippen LogP contribution in [-0.2, 0) is 6.54 Å². The molecule has 96 valence electrons. The minimum atomic E-state index is 0.267. The average molecular weight is 244 g/mol. The van der Waals surface area contributed by atoms with E-state index in [9.17, 15) is 0 Å². The van der Waals surface area contributed by atoms with Gasteiger partial charge in [-0.15, -0.1) is 0 Å². The third-order valence-corrected chi connectivity index (χ3v) is 3.20. The number of hydrogen-bond acceptors (Lipinski definition) is 3. The molecular formula is C15H20N2O. The molecule has 0 fully saturated rings. The Bertz CT molecular complexity index is 493. The van der Waals surface area contributed by atoms with Gasteiger partial charge in [0.1, 0.15) is 0 Å². The first kappa shape index (κ1) is 13.0. The maximum atomic E-state index is 8.86. The zero-order chi connectivity index (χ0) is 12.8. The summed E-state index contributed by atoms with van der Waals surface area (Å²) in [7, 11) is 0. The Morgan fingerprint density at radius 1 is 1.33 bits per heavy atom. The van der Waals surface area contributed by atoms with Gasteiger partial charge in [0.25, 0.3) is 0 Å². The standard InChI is InChI=1S/C15H20N2O/c1-12(6-8-18)9-17-11-14-4-2-3-13-10-16-7-5-15(13)14/h2-5,7,10,12,17-18H,6,8-9,11H2,1H3. The molecule has 18 heavy (non-hydrogen) atoms. The fraction of sp³-hybridized carbons (Fsp3) is 0.400. The van der Waals surface area contributed by atoms with Crippen molar-refractivity contribution < 1.29 is 5.11 Å². The molecule has 1 unspecified atom stereocenters. The molecule has 0 aliphatic rings. The van der Waals surface area contributed by atoms with Crippen molar-refractivity contribution in [2.45, 2.75) is 19.9 Å². The first-order valence-corrected chi connectivity index (χ1v) is 6.44. The van der Waals surface area contributed by atoms with Crippen LogP contribution in [0.3, 0.4) is 0 Å². The third kappa shape index (κ3) is 3.28. The highest BCUT2D eigenvalue weighted by atomic mass is 16.3. The van der Waals surface area contributed by atoms with Crippen LogP contribution in [0.4, 0.5) is 0 Å². The number of aliphatic hydroxyl groups excluding tert-OH is 1. The number of rotatable bonds is 6. The first-order valence-electron chi connectivity index (χ1n) is 6.44. The monoisotopic (exact) mass is 244 g/mol. The summed E-state index contributed by atoms with van der Waals surface area (Å²) in [5.74, 6) is 0.506. The number of fused-ring (bicyclic) bond motifs is 1. The lowest BCUT2D eigenvalue weighted by Crippen LogP contribution is -2.21. The van der Waals surface area contributed by atoms with E-state index in [-0.39, 0.29) is 6.61 Å². The molecule has 2 rings (SSSR count). The number of benzene rings is 1. The molecule has 3 nitrogen and oxygen atoms in total. The number of nitrogens with zero attached hydrogens (tertiary/aromatic N) is 1. The summed E-state index contributed by atoms with van der Waals surface area (Å²) >= 11 is 0. The van der Waals surface area contributed by atoms with Crippen LogP contribution in [0.15, 0.2) is 36.7 Å². The second-order valence-corrected chi connectivity index (χ2v) is 4.76. The molecule has 0 saturated carbocycles. The lowest BCUT2D eigenvalue weighted by molar-refractivity contribution is 0.260. The average Bonchev–Trinajstić information content (AvgIpc) is 2.39. The summed E-state index contributed by atoms with van der Waals surface area (Å²) in [4.78, 5) is 4.14. The number of aliphatic hydroxyl groups is 1. The fourth-order valence-corrected chi connectivity index (χ4v) is 2.12. The van der Waals surface area contributed by atoms with Crippen LogP contribution in [-0.4, -0.2) is 23.2 Å². The van der Waals surface area contributed by atoms with Gasteiger partial charge in [0, 0.05) is 30.9 Å². The predicted octanol–water partition coefficient (Wildman–Crippen LogP) is 2.34. The van der Waals surface area contributed by atoms with Crippen molar-refractivity contribution in [2.75, 3.05) is 13.2 Å². The van der Waals surface area contributed by atoms with E-state index >= 15 is 0 Å². The third-order valence-electron chi connectivity index (χ3n) is 3.20. The van der Waals surface area contributed by atoms with Gasteiger partial charge >= 0.3 is 0 Å². The largest absolute Gasteiger partial charge is 0.396 e. The van der Waals surface area contributed by atoms with E-state index in [0.29, 0.717) is 5.92 Å². The molecule has 0 saturated heterocycles. The van der Waals surface area contributed by atoms with Gasteiger partial charge in [0.2, 0.25) is 0 Å². The minimum Gasteiger partial charge on any atom is -0.396 e. The second kappa shape index (κ2) is 6.47. The lowest BCUT2D eigenvalue weighted by Gasteiger charge is -2.12. The number of pyridine rings is 1. The normalized spacial score (nSPS) is 12.8. The molecule has 0 radical (unpaired) electrons. The zero-order valence-electron chi connectivity index (χ0n) is 10.8. The van der Waals surface area contributed by atoms with Gasteiger partial charge in [-0.3, -0.25) is 4.98 Å². The SMILES string of the molecule is CC(CCO)CNCc1cccc2cnccc12. The topological polar surface area (TPSA) is 45.1 Å². The molecule has 0 aliphatic carbocycles. The molecule has 1 heterocycles. The molecular weight excluding hydrogens is 224 g/mol. The van der Waals surface area contributed by atoms with Gasteiger partial charge in [-0.05, 0) is 35.9 Å². The Morgan fingerprint density at radius 3 is 3.06 bits per heavy atom. The van der Waals surface area contributed by atoms with Crippen molar-refractivity contribution in [1.29, 1.82) is 0 Å². The molecule has 0 amide bonds. The van der Waals surface area contributed by atoms with E-state index in [0.717, 1.165) is 19.5 Å². The van der Waals surface area contributed by atoms with E-state index < -0.39 is 0 Å². The van der Waals surface area contributed by atoms with E-state index in [4.69, 9.17) is 5.11 Å². The minimum absolute atomic E-state index is 0.267. The highest BCUT2D eigenvalue weighted by Gasteiger charge is 2.03. The molecule has 1 aromatic carbocycles. The zero-order valence-corrected chi connectivity index (χ0v) is 10.8. The van der Waals surface area contributed by atoms with Gasteiger partial charge in [0.15, 0.2) is 0 Å².